The summed E-state index contributed by atoms with van der Waals surface area (Å²) in [5.74, 6) is 0. The van der Waals surface area contributed by atoms with Gasteiger partial charge >= 0.3 is 0 Å². The van der Waals surface area contributed by atoms with Crippen LogP contribution in [0.25, 0.3) is 0 Å². The molecule has 0 amide bonds. The number of anilines is 1. The SMILES string of the molecule is CCNc1ccncc1S(=O)(=O)N(C)C1CCOC1C. The van der Waals surface area contributed by atoms with Crippen LogP contribution in [-0.4, -0.2) is 50.1 Å². The first-order valence-corrected chi connectivity index (χ1v) is 8.20. The predicted octanol–water partition coefficient (Wildman–Crippen LogP) is 1.31. The number of rotatable bonds is 5. The van der Waals surface area contributed by atoms with Gasteiger partial charge in [0, 0.05) is 32.6 Å². The highest BCUT2D eigenvalue weighted by molar-refractivity contribution is 7.89. The highest BCUT2D eigenvalue weighted by Gasteiger charge is 2.36. The van der Waals surface area contributed by atoms with Crippen LogP contribution in [0, 0.1) is 0 Å². The molecule has 2 atom stereocenters. The molecule has 0 aliphatic carbocycles. The van der Waals surface area contributed by atoms with Gasteiger partial charge in [0.05, 0.1) is 17.8 Å². The molecule has 0 aromatic carbocycles. The fourth-order valence-electron chi connectivity index (χ4n) is 2.45. The van der Waals surface area contributed by atoms with E-state index in [0.29, 0.717) is 25.3 Å². The Hall–Kier alpha value is -1.18. The molecule has 1 aromatic rings. The maximum atomic E-state index is 12.8. The third-order valence-corrected chi connectivity index (χ3v) is 5.52. The Labute approximate surface area is 120 Å². The Morgan fingerprint density at radius 3 is 2.90 bits per heavy atom. The molecule has 1 N–H and O–H groups in total. The van der Waals surface area contributed by atoms with Crippen molar-refractivity contribution in [3.63, 3.8) is 0 Å². The van der Waals surface area contributed by atoms with E-state index in [4.69, 9.17) is 4.74 Å². The van der Waals surface area contributed by atoms with Crippen LogP contribution in [0.1, 0.15) is 20.3 Å². The van der Waals surface area contributed by atoms with Crippen LogP contribution in [-0.2, 0) is 14.8 Å². The van der Waals surface area contributed by atoms with Gasteiger partial charge in [-0.05, 0) is 26.3 Å². The van der Waals surface area contributed by atoms with E-state index in [2.05, 4.69) is 10.3 Å². The molecule has 1 aromatic heterocycles. The molecule has 20 heavy (non-hydrogen) atoms. The van der Waals surface area contributed by atoms with E-state index in [1.54, 1.807) is 19.3 Å². The van der Waals surface area contributed by atoms with Crippen LogP contribution >= 0.6 is 0 Å². The number of nitrogens with one attached hydrogen (secondary N) is 1. The van der Waals surface area contributed by atoms with Crippen molar-refractivity contribution >= 4 is 15.7 Å². The summed E-state index contributed by atoms with van der Waals surface area (Å²) in [6.45, 7) is 5.07. The summed E-state index contributed by atoms with van der Waals surface area (Å²) in [6.07, 6.45) is 3.60. The van der Waals surface area contributed by atoms with Crippen molar-refractivity contribution in [1.29, 1.82) is 0 Å². The number of ether oxygens (including phenoxy) is 1. The van der Waals surface area contributed by atoms with E-state index in [0.717, 1.165) is 0 Å². The number of aromatic nitrogens is 1. The Bertz CT molecular complexity index is 562. The molecular formula is C13H21N3O3S. The molecule has 2 unspecified atom stereocenters. The summed E-state index contributed by atoms with van der Waals surface area (Å²) in [5.41, 5.74) is 0.584. The molecular weight excluding hydrogens is 278 g/mol. The van der Waals surface area contributed by atoms with Crippen LogP contribution in [0.5, 0.6) is 0 Å². The normalized spacial score (nSPS) is 23.2. The summed E-state index contributed by atoms with van der Waals surface area (Å²) < 4.78 is 32.4. The van der Waals surface area contributed by atoms with Gasteiger partial charge in [-0.2, -0.15) is 4.31 Å². The smallest absolute Gasteiger partial charge is 0.246 e. The third-order valence-electron chi connectivity index (χ3n) is 3.61. The zero-order valence-electron chi connectivity index (χ0n) is 12.0. The number of hydrogen-bond acceptors (Lipinski definition) is 5. The topological polar surface area (TPSA) is 71.5 Å². The highest BCUT2D eigenvalue weighted by Crippen LogP contribution is 2.28. The quantitative estimate of drug-likeness (QED) is 0.887. The van der Waals surface area contributed by atoms with Crippen LogP contribution < -0.4 is 5.32 Å². The Kier molecular flexibility index (Phi) is 4.62. The maximum Gasteiger partial charge on any atom is 0.246 e. The molecule has 0 saturated carbocycles. The molecule has 2 rings (SSSR count). The minimum absolute atomic E-state index is 0.0889. The second kappa shape index (κ2) is 6.07. The van der Waals surface area contributed by atoms with Gasteiger partial charge in [-0.1, -0.05) is 0 Å². The maximum absolute atomic E-state index is 12.8. The zero-order chi connectivity index (χ0) is 14.8. The first-order chi connectivity index (χ1) is 9.48. The monoisotopic (exact) mass is 299 g/mol. The second-order valence-corrected chi connectivity index (χ2v) is 6.82. The third kappa shape index (κ3) is 2.79. The predicted molar refractivity (Wildman–Crippen MR) is 77.2 cm³/mol. The van der Waals surface area contributed by atoms with E-state index < -0.39 is 10.0 Å². The number of sulfonamides is 1. The lowest BCUT2D eigenvalue weighted by Gasteiger charge is -2.26. The molecule has 2 heterocycles. The van der Waals surface area contributed by atoms with Gasteiger partial charge in [0.2, 0.25) is 10.0 Å². The van der Waals surface area contributed by atoms with Crippen LogP contribution in [0.15, 0.2) is 23.4 Å². The summed E-state index contributed by atoms with van der Waals surface area (Å²) in [6, 6.07) is 1.55. The van der Waals surface area contributed by atoms with E-state index >= 15 is 0 Å². The van der Waals surface area contributed by atoms with E-state index in [1.807, 2.05) is 13.8 Å². The molecule has 7 heteroatoms. The van der Waals surface area contributed by atoms with E-state index in [-0.39, 0.29) is 17.0 Å². The van der Waals surface area contributed by atoms with Gasteiger partial charge in [-0.25, -0.2) is 8.42 Å². The Morgan fingerprint density at radius 2 is 2.30 bits per heavy atom. The van der Waals surface area contributed by atoms with E-state index in [9.17, 15) is 8.42 Å². The molecule has 1 aliphatic rings. The van der Waals surface area contributed by atoms with Crippen molar-refractivity contribution in [2.45, 2.75) is 37.3 Å². The average Bonchev–Trinajstić information content (AvgIpc) is 2.85. The van der Waals surface area contributed by atoms with Gasteiger partial charge in [-0.15, -0.1) is 0 Å². The lowest BCUT2D eigenvalue weighted by atomic mass is 10.2. The Balaban J connectivity index is 2.34. The van der Waals surface area contributed by atoms with Gasteiger partial charge in [-0.3, -0.25) is 4.98 Å². The van der Waals surface area contributed by atoms with Gasteiger partial charge < -0.3 is 10.1 Å². The lowest BCUT2D eigenvalue weighted by molar-refractivity contribution is 0.102. The van der Waals surface area contributed by atoms with Crippen molar-refractivity contribution in [3.8, 4) is 0 Å². The average molecular weight is 299 g/mol. The molecule has 0 spiro atoms. The molecule has 1 saturated heterocycles. The molecule has 112 valence electrons. The standard InChI is InChI=1S/C13H21N3O3S/c1-4-15-11-5-7-14-9-13(11)20(17,18)16(3)12-6-8-19-10(12)2/h5,7,9-10,12H,4,6,8H2,1-3H3,(H,14,15). The lowest BCUT2D eigenvalue weighted by Crippen LogP contribution is -2.41. The van der Waals surface area contributed by atoms with Crippen LogP contribution in [0.2, 0.25) is 0 Å². The first kappa shape index (κ1) is 15.2. The fraction of sp³-hybridized carbons (Fsp3) is 0.615. The molecule has 6 nitrogen and oxygen atoms in total. The van der Waals surface area contributed by atoms with Gasteiger partial charge in [0.15, 0.2) is 0 Å². The number of pyridine rings is 1. The largest absolute Gasteiger partial charge is 0.384 e. The van der Waals surface area contributed by atoms with Crippen molar-refractivity contribution in [1.82, 2.24) is 9.29 Å². The summed E-state index contributed by atoms with van der Waals surface area (Å²) >= 11 is 0. The fourth-order valence-corrected chi connectivity index (χ4v) is 4.01. The van der Waals surface area contributed by atoms with Crippen molar-refractivity contribution < 1.29 is 13.2 Å². The molecule has 1 fully saturated rings. The van der Waals surface area contributed by atoms with Crippen LogP contribution in [0.3, 0.4) is 0 Å². The summed E-state index contributed by atoms with van der Waals surface area (Å²) in [4.78, 5) is 4.16. The van der Waals surface area contributed by atoms with Crippen molar-refractivity contribution in [2.24, 2.45) is 0 Å². The highest BCUT2D eigenvalue weighted by atomic mass is 32.2. The summed E-state index contributed by atoms with van der Waals surface area (Å²) in [7, 11) is -1.97. The van der Waals surface area contributed by atoms with Gasteiger partial charge in [0.1, 0.15) is 4.90 Å². The second-order valence-electron chi connectivity index (χ2n) is 4.86. The number of nitrogens with zero attached hydrogens (tertiary/aromatic N) is 2. The van der Waals surface area contributed by atoms with Gasteiger partial charge in [0.25, 0.3) is 0 Å². The zero-order valence-corrected chi connectivity index (χ0v) is 12.9. The molecule has 1 aliphatic heterocycles. The number of likely N-dealkylation sites (N-methyl/N-ethyl adjacent to an activating group) is 1. The molecule has 0 radical (unpaired) electrons. The van der Waals surface area contributed by atoms with Crippen LogP contribution in [0.4, 0.5) is 5.69 Å². The minimum atomic E-state index is -3.58. The van der Waals surface area contributed by atoms with E-state index in [1.165, 1.54) is 10.5 Å². The minimum Gasteiger partial charge on any atom is -0.384 e. The van der Waals surface area contributed by atoms with Crippen molar-refractivity contribution in [2.75, 3.05) is 25.5 Å². The molecule has 0 bridgehead atoms. The first-order valence-electron chi connectivity index (χ1n) is 6.76. The summed E-state index contributed by atoms with van der Waals surface area (Å²) in [5, 5.41) is 3.06. The van der Waals surface area contributed by atoms with Crippen molar-refractivity contribution in [3.05, 3.63) is 18.5 Å². The Morgan fingerprint density at radius 1 is 1.55 bits per heavy atom. The number of hydrogen-bond donors (Lipinski definition) is 1.